The fourth-order valence-corrected chi connectivity index (χ4v) is 4.26. The molecule has 2 aliphatic heterocycles. The molecule has 2 bridgehead atoms. The highest BCUT2D eigenvalue weighted by Crippen LogP contribution is 2.37. The molecular formula is C17H28N2O2. The lowest BCUT2D eigenvalue weighted by Crippen LogP contribution is -2.58. The van der Waals surface area contributed by atoms with E-state index in [2.05, 4.69) is 28.9 Å². The van der Waals surface area contributed by atoms with Crippen LogP contribution < -0.4 is 0 Å². The zero-order valence-electron chi connectivity index (χ0n) is 13.4. The fraction of sp³-hybridized carbons (Fsp3) is 0.824. The number of carbonyl (C=O) groups excluding carboxylic acids is 1. The first-order valence-corrected chi connectivity index (χ1v) is 8.33. The van der Waals surface area contributed by atoms with Crippen LogP contribution in [0.2, 0.25) is 0 Å². The van der Waals surface area contributed by atoms with Crippen LogP contribution in [0.4, 0.5) is 0 Å². The van der Waals surface area contributed by atoms with Crippen LogP contribution >= 0.6 is 0 Å². The van der Waals surface area contributed by atoms with E-state index in [1.807, 2.05) is 0 Å². The minimum atomic E-state index is -0.164. The summed E-state index contributed by atoms with van der Waals surface area (Å²) in [5.41, 5.74) is -0.164. The molecule has 4 heteroatoms. The molecule has 0 radical (unpaired) electrons. The second-order valence-electron chi connectivity index (χ2n) is 7.10. The Kier molecular flexibility index (Phi) is 4.36. The zero-order chi connectivity index (χ0) is 14.9. The van der Waals surface area contributed by atoms with Crippen LogP contribution in [0, 0.1) is 5.41 Å². The van der Waals surface area contributed by atoms with E-state index in [9.17, 15) is 4.79 Å². The molecule has 2 saturated heterocycles. The quantitative estimate of drug-likeness (QED) is 0.744. The fourth-order valence-electron chi connectivity index (χ4n) is 4.26. The number of methoxy groups -OCH3 is 1. The molecule has 2 fully saturated rings. The molecule has 3 unspecified atom stereocenters. The summed E-state index contributed by atoms with van der Waals surface area (Å²) in [7, 11) is 1.76. The van der Waals surface area contributed by atoms with Gasteiger partial charge in [0.15, 0.2) is 0 Å². The van der Waals surface area contributed by atoms with Crippen molar-refractivity contribution in [3.05, 3.63) is 12.2 Å². The van der Waals surface area contributed by atoms with Crippen LogP contribution in [-0.4, -0.2) is 61.1 Å². The molecule has 1 aliphatic carbocycles. The van der Waals surface area contributed by atoms with E-state index in [0.29, 0.717) is 18.0 Å². The minimum absolute atomic E-state index is 0.164. The van der Waals surface area contributed by atoms with Gasteiger partial charge in [-0.2, -0.15) is 0 Å². The van der Waals surface area contributed by atoms with Crippen molar-refractivity contribution in [3.63, 3.8) is 0 Å². The van der Waals surface area contributed by atoms with Crippen molar-refractivity contribution in [2.24, 2.45) is 5.41 Å². The Morgan fingerprint density at radius 3 is 2.57 bits per heavy atom. The molecule has 3 aliphatic rings. The standard InChI is InChI=1S/C17H28N2O2/c1-17(8-4-3-5-9-17)16(20)18-12-14-6-7-15(13-18)19(14)10-11-21-2/h3-4,14-15H,5-13H2,1-2H3. The number of likely N-dealkylation sites (tertiary alicyclic amines) is 1. The highest BCUT2D eigenvalue weighted by Gasteiger charge is 2.44. The van der Waals surface area contributed by atoms with E-state index in [0.717, 1.165) is 45.5 Å². The van der Waals surface area contributed by atoms with Gasteiger partial charge in [-0.3, -0.25) is 9.69 Å². The SMILES string of the molecule is COCCN1C2CCC1CN(C(=O)C1(C)CC=CCC1)C2. The molecule has 0 N–H and O–H groups in total. The molecule has 0 aromatic rings. The van der Waals surface area contributed by atoms with Crippen LogP contribution in [0.1, 0.15) is 39.0 Å². The summed E-state index contributed by atoms with van der Waals surface area (Å²) in [6, 6.07) is 1.09. The molecule has 1 amide bonds. The van der Waals surface area contributed by atoms with E-state index in [-0.39, 0.29) is 5.41 Å². The van der Waals surface area contributed by atoms with Crippen molar-refractivity contribution in [1.82, 2.24) is 9.80 Å². The van der Waals surface area contributed by atoms with Crippen molar-refractivity contribution >= 4 is 5.91 Å². The minimum Gasteiger partial charge on any atom is -0.383 e. The second kappa shape index (κ2) is 6.09. The molecule has 0 aromatic carbocycles. The maximum Gasteiger partial charge on any atom is 0.228 e. The lowest BCUT2D eigenvalue weighted by molar-refractivity contribution is -0.145. The normalized spacial score (nSPS) is 36.2. The summed E-state index contributed by atoms with van der Waals surface area (Å²) in [6.45, 7) is 5.78. The van der Waals surface area contributed by atoms with Gasteiger partial charge >= 0.3 is 0 Å². The van der Waals surface area contributed by atoms with E-state index in [1.54, 1.807) is 7.11 Å². The third kappa shape index (κ3) is 2.88. The number of ether oxygens (including phenoxy) is 1. The largest absolute Gasteiger partial charge is 0.383 e. The molecular weight excluding hydrogens is 264 g/mol. The van der Waals surface area contributed by atoms with Crippen molar-refractivity contribution < 1.29 is 9.53 Å². The number of allylic oxidation sites excluding steroid dienone is 2. The van der Waals surface area contributed by atoms with Crippen molar-refractivity contribution in [3.8, 4) is 0 Å². The number of carbonyl (C=O) groups is 1. The van der Waals surface area contributed by atoms with Crippen LogP contribution in [-0.2, 0) is 9.53 Å². The summed E-state index contributed by atoms with van der Waals surface area (Å²) in [5.74, 6) is 0.384. The van der Waals surface area contributed by atoms with E-state index >= 15 is 0 Å². The van der Waals surface area contributed by atoms with Gasteiger partial charge in [0.05, 0.1) is 12.0 Å². The van der Waals surface area contributed by atoms with Crippen LogP contribution in [0.3, 0.4) is 0 Å². The lowest BCUT2D eigenvalue weighted by Gasteiger charge is -2.44. The summed E-state index contributed by atoms with van der Waals surface area (Å²) < 4.78 is 5.22. The van der Waals surface area contributed by atoms with Crippen LogP contribution in [0.15, 0.2) is 12.2 Å². The number of nitrogens with zero attached hydrogens (tertiary/aromatic N) is 2. The van der Waals surface area contributed by atoms with E-state index in [1.165, 1.54) is 12.8 Å². The van der Waals surface area contributed by atoms with Gasteiger partial charge in [0, 0.05) is 38.8 Å². The summed E-state index contributed by atoms with van der Waals surface area (Å²) in [5, 5.41) is 0. The van der Waals surface area contributed by atoms with Crippen molar-refractivity contribution in [2.45, 2.75) is 51.1 Å². The smallest absolute Gasteiger partial charge is 0.228 e. The number of rotatable bonds is 4. The van der Waals surface area contributed by atoms with Gasteiger partial charge in [-0.15, -0.1) is 0 Å². The Morgan fingerprint density at radius 1 is 1.29 bits per heavy atom. The highest BCUT2D eigenvalue weighted by molar-refractivity contribution is 5.83. The molecule has 2 heterocycles. The molecule has 118 valence electrons. The maximum atomic E-state index is 13.0. The Labute approximate surface area is 128 Å². The second-order valence-corrected chi connectivity index (χ2v) is 7.10. The molecule has 4 nitrogen and oxygen atoms in total. The van der Waals surface area contributed by atoms with Gasteiger partial charge in [0.25, 0.3) is 0 Å². The number of fused-ring (bicyclic) bond motifs is 2. The summed E-state index contributed by atoms with van der Waals surface area (Å²) >= 11 is 0. The topological polar surface area (TPSA) is 32.8 Å². The number of hydrogen-bond donors (Lipinski definition) is 0. The molecule has 21 heavy (non-hydrogen) atoms. The van der Waals surface area contributed by atoms with Gasteiger partial charge in [0.1, 0.15) is 0 Å². The number of amides is 1. The Hall–Kier alpha value is -0.870. The number of piperazine rings is 1. The van der Waals surface area contributed by atoms with Crippen molar-refractivity contribution in [2.75, 3.05) is 33.4 Å². The molecule has 0 spiro atoms. The van der Waals surface area contributed by atoms with Gasteiger partial charge < -0.3 is 9.64 Å². The monoisotopic (exact) mass is 292 g/mol. The zero-order valence-corrected chi connectivity index (χ0v) is 13.4. The van der Waals surface area contributed by atoms with Gasteiger partial charge in [0.2, 0.25) is 5.91 Å². The van der Waals surface area contributed by atoms with Gasteiger partial charge in [-0.25, -0.2) is 0 Å². The first-order chi connectivity index (χ1) is 10.1. The van der Waals surface area contributed by atoms with Crippen molar-refractivity contribution in [1.29, 1.82) is 0 Å². The van der Waals surface area contributed by atoms with Gasteiger partial charge in [-0.05, 0) is 32.1 Å². The lowest BCUT2D eigenvalue weighted by atomic mass is 9.77. The Morgan fingerprint density at radius 2 is 2.00 bits per heavy atom. The molecule has 0 aromatic heterocycles. The molecule has 3 atom stereocenters. The first-order valence-electron chi connectivity index (χ1n) is 8.33. The van der Waals surface area contributed by atoms with Crippen LogP contribution in [0.25, 0.3) is 0 Å². The van der Waals surface area contributed by atoms with Gasteiger partial charge in [-0.1, -0.05) is 19.1 Å². The summed E-state index contributed by atoms with van der Waals surface area (Å²) in [4.78, 5) is 17.7. The molecule has 3 rings (SSSR count). The Bertz CT molecular complexity index is 409. The summed E-state index contributed by atoms with van der Waals surface area (Å²) in [6.07, 6.45) is 9.81. The predicted octanol–water partition coefficient (Wildman–Crippen LogP) is 2.05. The highest BCUT2D eigenvalue weighted by atomic mass is 16.5. The third-order valence-corrected chi connectivity index (χ3v) is 5.59. The van der Waals surface area contributed by atoms with E-state index < -0.39 is 0 Å². The molecule has 0 saturated carbocycles. The average Bonchev–Trinajstić information content (AvgIpc) is 2.73. The number of hydrogen-bond acceptors (Lipinski definition) is 3. The maximum absolute atomic E-state index is 13.0. The van der Waals surface area contributed by atoms with E-state index in [4.69, 9.17) is 4.74 Å². The Balaban J connectivity index is 1.64. The van der Waals surface area contributed by atoms with Crippen LogP contribution in [0.5, 0.6) is 0 Å². The average molecular weight is 292 g/mol. The predicted molar refractivity (Wildman–Crippen MR) is 83.1 cm³/mol. The third-order valence-electron chi connectivity index (χ3n) is 5.59. The first kappa shape index (κ1) is 15.0.